The molecule has 0 bridgehead atoms. The zero-order valence-corrected chi connectivity index (χ0v) is 12.3. The van der Waals surface area contributed by atoms with E-state index in [1.807, 2.05) is 45.9 Å². The van der Waals surface area contributed by atoms with Crippen LogP contribution in [0.25, 0.3) is 0 Å². The minimum atomic E-state index is -0.432. The Kier molecular flexibility index (Phi) is 4.55. The highest BCUT2D eigenvalue weighted by atomic mass is 16.6. The van der Waals surface area contributed by atoms with Crippen LogP contribution < -0.4 is 0 Å². The van der Waals surface area contributed by atoms with Crippen molar-refractivity contribution in [2.24, 2.45) is 0 Å². The molecule has 2 nitrogen and oxygen atoms in total. The van der Waals surface area contributed by atoms with E-state index in [0.717, 1.165) is 5.56 Å². The van der Waals surface area contributed by atoms with Gasteiger partial charge in [-0.15, -0.1) is 0 Å². The second kappa shape index (κ2) is 5.55. The SMILES string of the molecule is CC(C)c1ccccc1C(C)C(=O)OC(C)(C)C. The molecule has 1 unspecified atom stereocenters. The fraction of sp³-hybridized carbons (Fsp3) is 0.562. The van der Waals surface area contributed by atoms with Crippen LogP contribution in [-0.2, 0) is 9.53 Å². The molecular formula is C16H24O2. The van der Waals surface area contributed by atoms with Crippen LogP contribution >= 0.6 is 0 Å². The van der Waals surface area contributed by atoms with Crippen molar-refractivity contribution in [3.63, 3.8) is 0 Å². The lowest BCUT2D eigenvalue weighted by Gasteiger charge is -2.24. The summed E-state index contributed by atoms with van der Waals surface area (Å²) in [4.78, 5) is 12.1. The van der Waals surface area contributed by atoms with E-state index in [0.29, 0.717) is 5.92 Å². The van der Waals surface area contributed by atoms with Gasteiger partial charge in [0.05, 0.1) is 5.92 Å². The third-order valence-corrected chi connectivity index (χ3v) is 2.84. The number of benzene rings is 1. The van der Waals surface area contributed by atoms with Crippen molar-refractivity contribution in [3.05, 3.63) is 35.4 Å². The molecule has 0 aliphatic carbocycles. The van der Waals surface area contributed by atoms with Crippen LogP contribution in [-0.4, -0.2) is 11.6 Å². The zero-order chi connectivity index (χ0) is 13.9. The minimum absolute atomic E-state index is 0.157. The summed E-state index contributed by atoms with van der Waals surface area (Å²) in [5.41, 5.74) is 1.86. The Balaban J connectivity index is 2.97. The summed E-state index contributed by atoms with van der Waals surface area (Å²) in [6, 6.07) is 8.09. The van der Waals surface area contributed by atoms with Gasteiger partial charge in [-0.05, 0) is 44.7 Å². The van der Waals surface area contributed by atoms with Gasteiger partial charge in [0.1, 0.15) is 5.60 Å². The Labute approximate surface area is 110 Å². The molecule has 18 heavy (non-hydrogen) atoms. The summed E-state index contributed by atoms with van der Waals surface area (Å²) >= 11 is 0. The molecule has 1 rings (SSSR count). The predicted molar refractivity (Wildman–Crippen MR) is 74.8 cm³/mol. The number of esters is 1. The molecule has 2 heteroatoms. The van der Waals surface area contributed by atoms with E-state index in [1.54, 1.807) is 0 Å². The topological polar surface area (TPSA) is 26.3 Å². The van der Waals surface area contributed by atoms with Crippen molar-refractivity contribution in [2.75, 3.05) is 0 Å². The maximum atomic E-state index is 12.1. The molecule has 0 aliphatic heterocycles. The van der Waals surface area contributed by atoms with Crippen LogP contribution in [0, 0.1) is 0 Å². The quantitative estimate of drug-likeness (QED) is 0.747. The van der Waals surface area contributed by atoms with Gasteiger partial charge < -0.3 is 4.74 Å². The van der Waals surface area contributed by atoms with Crippen LogP contribution in [0.3, 0.4) is 0 Å². The monoisotopic (exact) mass is 248 g/mol. The minimum Gasteiger partial charge on any atom is -0.460 e. The van der Waals surface area contributed by atoms with E-state index in [4.69, 9.17) is 4.74 Å². The summed E-state index contributed by atoms with van der Waals surface area (Å²) in [5, 5.41) is 0. The van der Waals surface area contributed by atoms with Crippen LogP contribution in [0.4, 0.5) is 0 Å². The molecule has 1 aromatic carbocycles. The number of hydrogen-bond acceptors (Lipinski definition) is 2. The van der Waals surface area contributed by atoms with E-state index in [2.05, 4.69) is 19.9 Å². The summed E-state index contributed by atoms with van der Waals surface area (Å²) in [7, 11) is 0. The lowest BCUT2D eigenvalue weighted by Crippen LogP contribution is -2.27. The normalized spacial score (nSPS) is 13.5. The predicted octanol–water partition coefficient (Wildman–Crippen LogP) is 4.26. The van der Waals surface area contributed by atoms with Crippen molar-refractivity contribution in [1.29, 1.82) is 0 Å². The summed E-state index contributed by atoms with van der Waals surface area (Å²) < 4.78 is 5.45. The molecule has 0 saturated heterocycles. The molecule has 1 aromatic rings. The van der Waals surface area contributed by atoms with Crippen molar-refractivity contribution < 1.29 is 9.53 Å². The maximum Gasteiger partial charge on any atom is 0.313 e. The van der Waals surface area contributed by atoms with Crippen molar-refractivity contribution in [3.8, 4) is 0 Å². The molecule has 0 aliphatic rings. The summed E-state index contributed by atoms with van der Waals surface area (Å²) in [6.07, 6.45) is 0. The third kappa shape index (κ3) is 3.86. The van der Waals surface area contributed by atoms with Crippen LogP contribution in [0.5, 0.6) is 0 Å². The largest absolute Gasteiger partial charge is 0.460 e. The Morgan fingerprint density at radius 2 is 1.56 bits per heavy atom. The molecule has 0 radical (unpaired) electrons. The molecule has 0 amide bonds. The van der Waals surface area contributed by atoms with Gasteiger partial charge in [0.2, 0.25) is 0 Å². The van der Waals surface area contributed by atoms with Gasteiger partial charge in [-0.25, -0.2) is 0 Å². The van der Waals surface area contributed by atoms with Gasteiger partial charge in [0.25, 0.3) is 0 Å². The van der Waals surface area contributed by atoms with E-state index in [9.17, 15) is 4.79 Å². The van der Waals surface area contributed by atoms with E-state index in [1.165, 1.54) is 5.56 Å². The smallest absolute Gasteiger partial charge is 0.313 e. The van der Waals surface area contributed by atoms with Crippen LogP contribution in [0.1, 0.15) is 64.5 Å². The van der Waals surface area contributed by atoms with Crippen LogP contribution in [0.15, 0.2) is 24.3 Å². The summed E-state index contributed by atoms with van der Waals surface area (Å²) in [6.45, 7) is 11.9. The molecule has 100 valence electrons. The maximum absolute atomic E-state index is 12.1. The number of carbonyl (C=O) groups excluding carboxylic acids is 1. The first kappa shape index (κ1) is 14.7. The number of hydrogen-bond donors (Lipinski definition) is 0. The average Bonchev–Trinajstić information content (AvgIpc) is 2.25. The van der Waals surface area contributed by atoms with Gasteiger partial charge in [-0.2, -0.15) is 0 Å². The molecule has 0 N–H and O–H groups in total. The lowest BCUT2D eigenvalue weighted by molar-refractivity contribution is -0.156. The average molecular weight is 248 g/mol. The second-order valence-electron chi connectivity index (χ2n) is 6.04. The Morgan fingerprint density at radius 1 is 1.06 bits per heavy atom. The van der Waals surface area contributed by atoms with Crippen molar-refractivity contribution >= 4 is 5.97 Å². The highest BCUT2D eigenvalue weighted by Crippen LogP contribution is 2.28. The van der Waals surface area contributed by atoms with E-state index in [-0.39, 0.29) is 11.9 Å². The van der Waals surface area contributed by atoms with Gasteiger partial charge in [0.15, 0.2) is 0 Å². The van der Waals surface area contributed by atoms with E-state index < -0.39 is 5.60 Å². The van der Waals surface area contributed by atoms with E-state index >= 15 is 0 Å². The molecule has 0 heterocycles. The van der Waals surface area contributed by atoms with Gasteiger partial charge in [0, 0.05) is 0 Å². The van der Waals surface area contributed by atoms with Crippen molar-refractivity contribution in [1.82, 2.24) is 0 Å². The molecular weight excluding hydrogens is 224 g/mol. The van der Waals surface area contributed by atoms with Crippen molar-refractivity contribution in [2.45, 2.75) is 59.0 Å². The number of ether oxygens (including phenoxy) is 1. The highest BCUT2D eigenvalue weighted by molar-refractivity contribution is 5.78. The third-order valence-electron chi connectivity index (χ3n) is 2.84. The van der Waals surface area contributed by atoms with Gasteiger partial charge in [-0.1, -0.05) is 38.1 Å². The molecule has 0 spiro atoms. The van der Waals surface area contributed by atoms with Gasteiger partial charge in [-0.3, -0.25) is 4.79 Å². The van der Waals surface area contributed by atoms with Crippen LogP contribution in [0.2, 0.25) is 0 Å². The first-order chi connectivity index (χ1) is 8.22. The zero-order valence-electron chi connectivity index (χ0n) is 12.3. The highest BCUT2D eigenvalue weighted by Gasteiger charge is 2.24. The first-order valence-electron chi connectivity index (χ1n) is 6.54. The Hall–Kier alpha value is -1.31. The lowest BCUT2D eigenvalue weighted by atomic mass is 9.90. The molecule has 0 fully saturated rings. The fourth-order valence-corrected chi connectivity index (χ4v) is 1.95. The standard InChI is InChI=1S/C16H24O2/c1-11(2)13-9-7-8-10-14(13)12(3)15(17)18-16(4,5)6/h7-12H,1-6H3. The number of carbonyl (C=O) groups is 1. The summed E-state index contributed by atoms with van der Waals surface area (Å²) in [5.74, 6) is 0.0320. The first-order valence-corrected chi connectivity index (χ1v) is 6.54. The Morgan fingerprint density at radius 3 is 2.00 bits per heavy atom. The molecule has 0 saturated carbocycles. The second-order valence-corrected chi connectivity index (χ2v) is 6.04. The fourth-order valence-electron chi connectivity index (χ4n) is 1.95. The molecule has 1 atom stereocenters. The van der Waals surface area contributed by atoms with Gasteiger partial charge >= 0.3 is 5.97 Å². The molecule has 0 aromatic heterocycles. The Bertz CT molecular complexity index is 413. The number of rotatable bonds is 3.